The van der Waals surface area contributed by atoms with Crippen molar-refractivity contribution in [1.29, 1.82) is 0 Å². The summed E-state index contributed by atoms with van der Waals surface area (Å²) < 4.78 is 76.2. The molecule has 0 saturated heterocycles. The number of halogens is 8. The van der Waals surface area contributed by atoms with Crippen molar-refractivity contribution < 1.29 is 52.2 Å². The van der Waals surface area contributed by atoms with E-state index in [2.05, 4.69) is 64.1 Å². The van der Waals surface area contributed by atoms with Crippen molar-refractivity contribution in [3.05, 3.63) is 145 Å². The smallest absolute Gasteiger partial charge is 0.372 e. The molecule has 6 aromatic carbocycles. The first-order valence-corrected chi connectivity index (χ1v) is 16.7. The molecule has 6 aromatic rings. The first kappa shape index (κ1) is 47.2. The Labute approximate surface area is 335 Å². The molecule has 0 aliphatic rings. The SMILES string of the molecule is CCCCc1cc2c(-c3ccc(C(F)(F)F)cc3)cccc2[cH-]1.CCCCc1cc2c(-c3ccc(C(F)(F)F)cc3)cccc2[cH-]1.Cl.Cl.[CH2-]C[CH2-].[Hf+4]. The third-order valence-electron chi connectivity index (χ3n) is 8.31. The summed E-state index contributed by atoms with van der Waals surface area (Å²) in [4.78, 5) is 0. The van der Waals surface area contributed by atoms with Crippen molar-refractivity contribution in [2.75, 3.05) is 0 Å². The zero-order chi connectivity index (χ0) is 35.6. The average molecular weight is 924 g/mol. The van der Waals surface area contributed by atoms with Gasteiger partial charge in [-0.3, -0.25) is 0 Å². The molecule has 0 spiro atoms. The van der Waals surface area contributed by atoms with Crippen LogP contribution in [0.4, 0.5) is 26.3 Å². The second kappa shape index (κ2) is 21.7. The Balaban J connectivity index is 0.000000459. The monoisotopic (exact) mass is 924 g/mol. The number of alkyl halides is 6. The van der Waals surface area contributed by atoms with Crippen LogP contribution in [0.1, 0.15) is 68.2 Å². The van der Waals surface area contributed by atoms with Crippen molar-refractivity contribution in [2.24, 2.45) is 0 Å². The van der Waals surface area contributed by atoms with E-state index in [1.54, 1.807) is 24.3 Å². The first-order valence-electron chi connectivity index (χ1n) is 16.7. The number of benzene rings is 4. The van der Waals surface area contributed by atoms with Gasteiger partial charge in [-0.05, 0) is 48.2 Å². The summed E-state index contributed by atoms with van der Waals surface area (Å²) in [5.41, 5.74) is 4.96. The fourth-order valence-electron chi connectivity index (χ4n) is 5.83. The molecule has 0 unspecified atom stereocenters. The second-order valence-electron chi connectivity index (χ2n) is 12.1. The summed E-state index contributed by atoms with van der Waals surface area (Å²) >= 11 is 0. The summed E-state index contributed by atoms with van der Waals surface area (Å²) in [5.74, 6) is 0. The Kier molecular flexibility index (Phi) is 19.7. The molecule has 0 aromatic heterocycles. The molecular formula is C43H44Cl2F6Hf. The molecule has 0 aliphatic carbocycles. The van der Waals surface area contributed by atoms with Gasteiger partial charge in [-0.15, -0.1) is 93.9 Å². The van der Waals surface area contributed by atoms with Gasteiger partial charge in [0.05, 0.1) is 11.1 Å². The van der Waals surface area contributed by atoms with Gasteiger partial charge in [0.2, 0.25) is 0 Å². The van der Waals surface area contributed by atoms with Crippen LogP contribution in [0.25, 0.3) is 43.8 Å². The molecule has 0 aliphatic heterocycles. The van der Waals surface area contributed by atoms with Gasteiger partial charge in [0.1, 0.15) is 0 Å². The van der Waals surface area contributed by atoms with Gasteiger partial charge in [-0.25, -0.2) is 0 Å². The van der Waals surface area contributed by atoms with E-state index in [0.717, 1.165) is 113 Å². The van der Waals surface area contributed by atoms with E-state index in [9.17, 15) is 26.3 Å². The third kappa shape index (κ3) is 12.6. The van der Waals surface area contributed by atoms with Gasteiger partial charge in [0.15, 0.2) is 0 Å². The topological polar surface area (TPSA) is 0 Å². The molecule has 276 valence electrons. The van der Waals surface area contributed by atoms with Crippen LogP contribution in [0, 0.1) is 13.8 Å². The number of fused-ring (bicyclic) bond motifs is 2. The van der Waals surface area contributed by atoms with Crippen LogP contribution in [0.3, 0.4) is 0 Å². The molecule has 0 bridgehead atoms. The van der Waals surface area contributed by atoms with Crippen LogP contribution < -0.4 is 0 Å². The molecule has 0 heterocycles. The zero-order valence-corrected chi connectivity index (χ0v) is 34.6. The van der Waals surface area contributed by atoms with Crippen molar-refractivity contribution in [1.82, 2.24) is 0 Å². The maximum Gasteiger partial charge on any atom is 4.00 e. The summed E-state index contributed by atoms with van der Waals surface area (Å²) in [7, 11) is 0. The predicted molar refractivity (Wildman–Crippen MR) is 207 cm³/mol. The van der Waals surface area contributed by atoms with E-state index in [0.29, 0.717) is 0 Å². The van der Waals surface area contributed by atoms with Gasteiger partial charge >= 0.3 is 38.2 Å². The first-order chi connectivity index (χ1) is 23.4. The van der Waals surface area contributed by atoms with E-state index >= 15 is 0 Å². The van der Waals surface area contributed by atoms with Gasteiger partial charge in [-0.2, -0.15) is 38.5 Å². The van der Waals surface area contributed by atoms with E-state index in [1.165, 1.54) is 11.1 Å². The third-order valence-corrected chi connectivity index (χ3v) is 8.31. The van der Waals surface area contributed by atoms with E-state index in [1.807, 2.05) is 24.3 Å². The van der Waals surface area contributed by atoms with Crippen molar-refractivity contribution >= 4 is 46.4 Å². The fourth-order valence-corrected chi connectivity index (χ4v) is 5.83. The van der Waals surface area contributed by atoms with Crippen LogP contribution in [0.5, 0.6) is 0 Å². The van der Waals surface area contributed by atoms with Crippen LogP contribution >= 0.6 is 24.8 Å². The van der Waals surface area contributed by atoms with Crippen LogP contribution in [-0.4, -0.2) is 0 Å². The van der Waals surface area contributed by atoms with Crippen molar-refractivity contribution in [3.8, 4) is 22.3 Å². The normalized spacial score (nSPS) is 11.0. The molecule has 0 atom stereocenters. The van der Waals surface area contributed by atoms with Crippen LogP contribution in [-0.2, 0) is 51.0 Å². The maximum atomic E-state index is 12.7. The minimum atomic E-state index is -4.29. The Morgan fingerprint density at radius 2 is 0.865 bits per heavy atom. The molecule has 9 heteroatoms. The zero-order valence-electron chi connectivity index (χ0n) is 29.3. The van der Waals surface area contributed by atoms with Gasteiger partial charge < -0.3 is 20.3 Å². The molecular weight excluding hydrogens is 880 g/mol. The Hall–Kier alpha value is -2.87. The molecule has 0 saturated carbocycles. The van der Waals surface area contributed by atoms with Gasteiger partial charge in [0, 0.05) is 0 Å². The standard InChI is InChI=1S/2C20H18F3.C3H6.2ClH.Hf/c2*1-2-3-5-14-12-16-6-4-7-18(19(16)13-14)15-8-10-17(11-9-15)20(21,22)23;1-3-2;;;/h2*4,6-13H,2-3,5H2,1H3;1-3H2;2*1H;/q2*-1;-2;;;+4. The summed E-state index contributed by atoms with van der Waals surface area (Å²) in [6, 6.07) is 31.4. The minimum Gasteiger partial charge on any atom is -0.372 e. The maximum absolute atomic E-state index is 12.7. The number of hydrogen-bond acceptors (Lipinski definition) is 0. The number of rotatable bonds is 8. The fraction of sp³-hybridized carbons (Fsp3) is 0.256. The van der Waals surface area contributed by atoms with E-state index in [4.69, 9.17) is 0 Å². The summed E-state index contributed by atoms with van der Waals surface area (Å²) in [5, 5.41) is 4.51. The van der Waals surface area contributed by atoms with Crippen molar-refractivity contribution in [2.45, 2.75) is 71.1 Å². The second-order valence-corrected chi connectivity index (χ2v) is 12.1. The summed E-state index contributed by atoms with van der Waals surface area (Å²) in [6.07, 6.45) is -1.18. The van der Waals surface area contributed by atoms with Gasteiger partial charge in [0.25, 0.3) is 0 Å². The number of unbranched alkanes of at least 4 members (excludes halogenated alkanes) is 2. The molecule has 0 amide bonds. The van der Waals surface area contributed by atoms with Gasteiger partial charge in [-0.1, -0.05) is 87.1 Å². The largest absolute Gasteiger partial charge is 4.00 e. The molecule has 0 fully saturated rings. The predicted octanol–water partition coefficient (Wildman–Crippen LogP) is 15.1. The van der Waals surface area contributed by atoms with Crippen molar-refractivity contribution in [3.63, 3.8) is 0 Å². The van der Waals surface area contributed by atoms with Crippen LogP contribution in [0.15, 0.2) is 109 Å². The minimum absolute atomic E-state index is 0. The van der Waals surface area contributed by atoms with E-state index < -0.39 is 23.5 Å². The molecule has 6 rings (SSSR count). The Morgan fingerprint density at radius 1 is 0.538 bits per heavy atom. The quantitative estimate of drug-likeness (QED) is 0.0811. The Bertz CT molecular complexity index is 1760. The van der Waals surface area contributed by atoms with Crippen LogP contribution in [0.2, 0.25) is 0 Å². The molecule has 0 nitrogen and oxygen atoms in total. The number of aryl methyl sites for hydroxylation is 2. The molecule has 52 heavy (non-hydrogen) atoms. The summed E-state index contributed by atoms with van der Waals surface area (Å²) in [6.45, 7) is 11.1. The number of hydrogen-bond donors (Lipinski definition) is 0. The molecule has 0 radical (unpaired) electrons. The average Bonchev–Trinajstić information content (AvgIpc) is 3.70. The van der Waals surface area contributed by atoms with E-state index in [-0.39, 0.29) is 50.7 Å². The Morgan fingerprint density at radius 3 is 1.15 bits per heavy atom. The molecule has 0 N–H and O–H groups in total.